The van der Waals surface area contributed by atoms with Crippen molar-refractivity contribution in [1.82, 2.24) is 5.32 Å². The van der Waals surface area contributed by atoms with Gasteiger partial charge in [0.1, 0.15) is 5.82 Å². The minimum atomic E-state index is -0.119. The molecular weight excluding hydrogens is 281 g/mol. The second kappa shape index (κ2) is 7.12. The summed E-state index contributed by atoms with van der Waals surface area (Å²) in [6.45, 7) is 7.41. The van der Waals surface area contributed by atoms with Gasteiger partial charge in [0.2, 0.25) is 0 Å². The Morgan fingerprint density at radius 1 is 1.35 bits per heavy atom. The summed E-state index contributed by atoms with van der Waals surface area (Å²) in [6, 6.07) is 5.66. The average Bonchev–Trinajstić information content (AvgIpc) is 2.21. The second-order valence-corrected chi connectivity index (χ2v) is 5.74. The normalized spacial score (nSPS) is 13.1. The Labute approximate surface area is 112 Å². The smallest absolute Gasteiger partial charge is 0.127 e. The van der Waals surface area contributed by atoms with Crippen LogP contribution in [0.1, 0.15) is 32.8 Å². The molecule has 1 aromatic rings. The van der Waals surface area contributed by atoms with Crippen LogP contribution in [-0.2, 0) is 6.42 Å². The zero-order valence-electron chi connectivity index (χ0n) is 10.8. The summed E-state index contributed by atoms with van der Waals surface area (Å²) in [5.74, 6) is 0.503. The number of halogens is 2. The van der Waals surface area contributed by atoms with Crippen molar-refractivity contribution in [1.29, 1.82) is 0 Å². The quantitative estimate of drug-likeness (QED) is 0.832. The molecule has 0 aliphatic heterocycles. The van der Waals surface area contributed by atoms with E-state index in [9.17, 15) is 4.39 Å². The molecule has 17 heavy (non-hydrogen) atoms. The molecule has 0 bridgehead atoms. The number of likely N-dealkylation sites (N-methyl/N-ethyl adjacent to an activating group) is 1. The molecule has 0 radical (unpaired) electrons. The molecule has 0 fully saturated rings. The van der Waals surface area contributed by atoms with Gasteiger partial charge in [-0.25, -0.2) is 4.39 Å². The molecular formula is C14H21BrFN. The Bertz CT molecular complexity index is 352. The largest absolute Gasteiger partial charge is 0.314 e. The molecule has 0 aliphatic carbocycles. The van der Waals surface area contributed by atoms with Gasteiger partial charge in [0.15, 0.2) is 0 Å². The maximum atomic E-state index is 13.7. The summed E-state index contributed by atoms with van der Waals surface area (Å²) >= 11 is 3.28. The monoisotopic (exact) mass is 301 g/mol. The number of hydrogen-bond donors (Lipinski definition) is 1. The van der Waals surface area contributed by atoms with Crippen molar-refractivity contribution in [2.45, 2.75) is 39.7 Å². The van der Waals surface area contributed by atoms with Gasteiger partial charge in [-0.15, -0.1) is 0 Å². The molecule has 0 saturated carbocycles. The van der Waals surface area contributed by atoms with Gasteiger partial charge in [-0.1, -0.05) is 42.8 Å². The van der Waals surface area contributed by atoms with Gasteiger partial charge in [0.05, 0.1) is 0 Å². The van der Waals surface area contributed by atoms with Gasteiger partial charge >= 0.3 is 0 Å². The van der Waals surface area contributed by atoms with Crippen LogP contribution in [0.5, 0.6) is 0 Å². The predicted octanol–water partition coefficient (Wildman–Crippen LogP) is 4.15. The van der Waals surface area contributed by atoms with E-state index in [1.165, 1.54) is 6.07 Å². The van der Waals surface area contributed by atoms with Gasteiger partial charge in [0.25, 0.3) is 0 Å². The van der Waals surface area contributed by atoms with E-state index < -0.39 is 0 Å². The highest BCUT2D eigenvalue weighted by molar-refractivity contribution is 9.10. The van der Waals surface area contributed by atoms with Crippen molar-refractivity contribution in [3.63, 3.8) is 0 Å². The van der Waals surface area contributed by atoms with E-state index in [1.54, 1.807) is 0 Å². The second-order valence-electron chi connectivity index (χ2n) is 4.82. The third kappa shape index (κ3) is 5.17. The van der Waals surface area contributed by atoms with Gasteiger partial charge < -0.3 is 5.32 Å². The van der Waals surface area contributed by atoms with E-state index in [0.717, 1.165) is 29.4 Å². The standard InChI is InChI=1S/C14H21BrFN/c1-4-17-13(7-10(2)3)8-11-5-6-12(15)9-14(11)16/h5-6,9-10,13,17H,4,7-8H2,1-3H3. The van der Waals surface area contributed by atoms with Crippen LogP contribution in [0.25, 0.3) is 0 Å². The molecule has 1 unspecified atom stereocenters. The van der Waals surface area contributed by atoms with Gasteiger partial charge in [-0.2, -0.15) is 0 Å². The number of rotatable bonds is 6. The van der Waals surface area contributed by atoms with Crippen molar-refractivity contribution in [3.8, 4) is 0 Å². The lowest BCUT2D eigenvalue weighted by atomic mass is 9.97. The summed E-state index contributed by atoms with van der Waals surface area (Å²) in [6.07, 6.45) is 1.83. The van der Waals surface area contributed by atoms with Crippen LogP contribution < -0.4 is 5.32 Å². The fourth-order valence-corrected chi connectivity index (χ4v) is 2.38. The lowest BCUT2D eigenvalue weighted by Crippen LogP contribution is -2.32. The summed E-state index contributed by atoms with van der Waals surface area (Å²) in [4.78, 5) is 0. The molecule has 1 aromatic carbocycles. The van der Waals surface area contributed by atoms with Crippen LogP contribution >= 0.6 is 15.9 Å². The van der Waals surface area contributed by atoms with Crippen molar-refractivity contribution >= 4 is 15.9 Å². The molecule has 0 amide bonds. The van der Waals surface area contributed by atoms with E-state index in [0.29, 0.717) is 12.0 Å². The maximum absolute atomic E-state index is 13.7. The van der Waals surface area contributed by atoms with Crippen LogP contribution in [0, 0.1) is 11.7 Å². The molecule has 0 aliphatic rings. The van der Waals surface area contributed by atoms with Crippen molar-refractivity contribution < 1.29 is 4.39 Å². The van der Waals surface area contributed by atoms with Crippen molar-refractivity contribution in [3.05, 3.63) is 34.1 Å². The maximum Gasteiger partial charge on any atom is 0.127 e. The van der Waals surface area contributed by atoms with Gasteiger partial charge in [-0.3, -0.25) is 0 Å². The molecule has 0 spiro atoms. The molecule has 0 heterocycles. The van der Waals surface area contributed by atoms with E-state index in [1.807, 2.05) is 12.1 Å². The zero-order valence-corrected chi connectivity index (χ0v) is 12.3. The summed E-state index contributed by atoms with van der Waals surface area (Å²) in [5, 5.41) is 3.43. The minimum absolute atomic E-state index is 0.119. The molecule has 1 N–H and O–H groups in total. The van der Waals surface area contributed by atoms with Crippen molar-refractivity contribution in [2.24, 2.45) is 5.92 Å². The fourth-order valence-electron chi connectivity index (χ4n) is 2.05. The Morgan fingerprint density at radius 3 is 2.59 bits per heavy atom. The first-order chi connectivity index (χ1) is 8.02. The number of nitrogens with one attached hydrogen (secondary N) is 1. The minimum Gasteiger partial charge on any atom is -0.314 e. The number of hydrogen-bond acceptors (Lipinski definition) is 1. The van der Waals surface area contributed by atoms with Crippen LogP contribution in [0.4, 0.5) is 4.39 Å². The summed E-state index contributed by atoms with van der Waals surface area (Å²) in [5.41, 5.74) is 0.791. The molecule has 0 saturated heterocycles. The lowest BCUT2D eigenvalue weighted by Gasteiger charge is -2.20. The topological polar surface area (TPSA) is 12.0 Å². The first-order valence-electron chi connectivity index (χ1n) is 6.20. The zero-order chi connectivity index (χ0) is 12.8. The molecule has 1 atom stereocenters. The first kappa shape index (κ1) is 14.7. The van der Waals surface area contributed by atoms with Crippen LogP contribution in [0.3, 0.4) is 0 Å². The van der Waals surface area contributed by atoms with Crippen LogP contribution in [0.2, 0.25) is 0 Å². The summed E-state index contributed by atoms with van der Waals surface area (Å²) < 4.78 is 14.5. The van der Waals surface area contributed by atoms with Crippen LogP contribution in [-0.4, -0.2) is 12.6 Å². The molecule has 3 heteroatoms. The van der Waals surface area contributed by atoms with Crippen molar-refractivity contribution in [2.75, 3.05) is 6.54 Å². The molecule has 1 nitrogen and oxygen atoms in total. The fraction of sp³-hybridized carbons (Fsp3) is 0.571. The third-order valence-corrected chi connectivity index (χ3v) is 3.22. The molecule has 0 aromatic heterocycles. The van der Waals surface area contributed by atoms with Crippen LogP contribution in [0.15, 0.2) is 22.7 Å². The molecule has 1 rings (SSSR count). The first-order valence-corrected chi connectivity index (χ1v) is 6.99. The van der Waals surface area contributed by atoms with E-state index in [4.69, 9.17) is 0 Å². The van der Waals surface area contributed by atoms with E-state index in [-0.39, 0.29) is 5.82 Å². The van der Waals surface area contributed by atoms with E-state index >= 15 is 0 Å². The Kier molecular flexibility index (Phi) is 6.14. The third-order valence-electron chi connectivity index (χ3n) is 2.73. The highest BCUT2D eigenvalue weighted by atomic mass is 79.9. The number of benzene rings is 1. The highest BCUT2D eigenvalue weighted by Crippen LogP contribution is 2.18. The summed E-state index contributed by atoms with van der Waals surface area (Å²) in [7, 11) is 0. The lowest BCUT2D eigenvalue weighted by molar-refractivity contribution is 0.418. The predicted molar refractivity (Wildman–Crippen MR) is 74.7 cm³/mol. The highest BCUT2D eigenvalue weighted by Gasteiger charge is 2.13. The van der Waals surface area contributed by atoms with Gasteiger partial charge in [-0.05, 0) is 43.0 Å². The molecule has 96 valence electrons. The SMILES string of the molecule is CCNC(Cc1ccc(Br)cc1F)CC(C)C. The van der Waals surface area contributed by atoms with E-state index in [2.05, 4.69) is 42.0 Å². The van der Waals surface area contributed by atoms with Gasteiger partial charge in [0, 0.05) is 10.5 Å². The Morgan fingerprint density at radius 2 is 2.06 bits per heavy atom. The average molecular weight is 302 g/mol. The Hall–Kier alpha value is -0.410. The Balaban J connectivity index is 2.71.